The smallest absolute Gasteiger partial charge is 0.337 e. The fourth-order valence-corrected chi connectivity index (χ4v) is 2.53. The number of halogens is 1. The second kappa shape index (κ2) is 8.49. The van der Waals surface area contributed by atoms with Crippen LogP contribution in [0.15, 0.2) is 54.7 Å². The number of aromatic nitrogens is 2. The van der Waals surface area contributed by atoms with Crippen molar-refractivity contribution in [3.63, 3.8) is 0 Å². The monoisotopic (exact) mass is 396 g/mol. The van der Waals surface area contributed by atoms with Crippen LogP contribution in [-0.4, -0.2) is 29.0 Å². The number of anilines is 3. The molecule has 2 N–H and O–H groups in total. The lowest BCUT2D eigenvalue weighted by molar-refractivity contribution is 0.0600. The van der Waals surface area contributed by atoms with Gasteiger partial charge in [0.25, 0.3) is 5.91 Å². The number of amides is 1. The molecule has 28 heavy (non-hydrogen) atoms. The van der Waals surface area contributed by atoms with Gasteiger partial charge in [0.05, 0.1) is 12.7 Å². The largest absolute Gasteiger partial charge is 0.465 e. The van der Waals surface area contributed by atoms with E-state index in [4.69, 9.17) is 11.6 Å². The van der Waals surface area contributed by atoms with Gasteiger partial charge in [-0.15, -0.1) is 0 Å². The SMILES string of the molecule is COC(=O)c1ccc(Nc2nccc(C(=O)Nc3ccc(C)c(Cl)c3)n2)cc1. The molecule has 142 valence electrons. The summed E-state index contributed by atoms with van der Waals surface area (Å²) in [6.07, 6.45) is 1.48. The maximum absolute atomic E-state index is 12.4. The third kappa shape index (κ3) is 4.63. The number of nitrogens with one attached hydrogen (secondary N) is 2. The molecule has 0 spiro atoms. The standard InChI is InChI=1S/C20H17ClN4O3/c1-12-3-6-15(11-16(12)21)23-18(26)17-9-10-22-20(25-17)24-14-7-4-13(5-8-14)19(27)28-2/h3-11H,1-2H3,(H,23,26)(H,22,24,25). The number of methoxy groups -OCH3 is 1. The molecule has 8 heteroatoms. The van der Waals surface area contributed by atoms with Gasteiger partial charge in [0, 0.05) is 22.6 Å². The first-order valence-corrected chi connectivity index (χ1v) is 8.70. The Hall–Kier alpha value is -3.45. The lowest BCUT2D eigenvalue weighted by Gasteiger charge is -2.09. The molecule has 0 unspecified atom stereocenters. The Balaban J connectivity index is 1.71. The Labute approximate surface area is 166 Å². The Bertz CT molecular complexity index is 1020. The van der Waals surface area contributed by atoms with Crippen LogP contribution < -0.4 is 10.6 Å². The molecule has 3 rings (SSSR count). The average molecular weight is 397 g/mol. The maximum Gasteiger partial charge on any atom is 0.337 e. The third-order valence-electron chi connectivity index (χ3n) is 3.88. The summed E-state index contributed by atoms with van der Waals surface area (Å²) in [5.74, 6) is -0.551. The number of rotatable bonds is 5. The lowest BCUT2D eigenvalue weighted by atomic mass is 10.2. The summed E-state index contributed by atoms with van der Waals surface area (Å²) in [6.45, 7) is 1.88. The van der Waals surface area contributed by atoms with E-state index in [9.17, 15) is 9.59 Å². The van der Waals surface area contributed by atoms with E-state index in [1.165, 1.54) is 19.4 Å². The molecule has 1 heterocycles. The van der Waals surface area contributed by atoms with Crippen molar-refractivity contribution in [1.82, 2.24) is 9.97 Å². The van der Waals surface area contributed by atoms with Gasteiger partial charge in [-0.1, -0.05) is 17.7 Å². The predicted molar refractivity (Wildman–Crippen MR) is 107 cm³/mol. The van der Waals surface area contributed by atoms with Crippen LogP contribution in [-0.2, 0) is 4.74 Å². The summed E-state index contributed by atoms with van der Waals surface area (Å²) in [6, 6.07) is 13.4. The van der Waals surface area contributed by atoms with Gasteiger partial charge < -0.3 is 15.4 Å². The van der Waals surface area contributed by atoms with Crippen molar-refractivity contribution in [2.45, 2.75) is 6.92 Å². The van der Waals surface area contributed by atoms with Gasteiger partial charge in [0.2, 0.25) is 5.95 Å². The summed E-state index contributed by atoms with van der Waals surface area (Å²) < 4.78 is 4.66. The van der Waals surface area contributed by atoms with Crippen molar-refractivity contribution < 1.29 is 14.3 Å². The Kier molecular flexibility index (Phi) is 5.86. The van der Waals surface area contributed by atoms with Crippen LogP contribution in [0.5, 0.6) is 0 Å². The highest BCUT2D eigenvalue weighted by atomic mass is 35.5. The number of esters is 1. The summed E-state index contributed by atoms with van der Waals surface area (Å²) in [4.78, 5) is 32.2. The molecule has 7 nitrogen and oxygen atoms in total. The fourth-order valence-electron chi connectivity index (χ4n) is 2.35. The van der Waals surface area contributed by atoms with E-state index in [0.29, 0.717) is 22.0 Å². The van der Waals surface area contributed by atoms with Gasteiger partial charge in [-0.2, -0.15) is 0 Å². The first-order chi connectivity index (χ1) is 13.5. The molecule has 0 fully saturated rings. The van der Waals surface area contributed by atoms with E-state index >= 15 is 0 Å². The molecule has 0 saturated heterocycles. The number of aryl methyl sites for hydroxylation is 1. The first-order valence-electron chi connectivity index (χ1n) is 8.32. The van der Waals surface area contributed by atoms with Crippen LogP contribution in [0.3, 0.4) is 0 Å². The highest BCUT2D eigenvalue weighted by molar-refractivity contribution is 6.31. The molecule has 0 bridgehead atoms. The molecule has 0 radical (unpaired) electrons. The molecule has 3 aromatic rings. The first kappa shape index (κ1) is 19.3. The fraction of sp³-hybridized carbons (Fsp3) is 0.100. The van der Waals surface area contributed by atoms with Crippen molar-refractivity contribution >= 4 is 40.8 Å². The Morgan fingerprint density at radius 2 is 1.75 bits per heavy atom. The highest BCUT2D eigenvalue weighted by Crippen LogP contribution is 2.20. The van der Waals surface area contributed by atoms with E-state index in [1.807, 2.05) is 13.0 Å². The third-order valence-corrected chi connectivity index (χ3v) is 4.29. The molecule has 1 aromatic heterocycles. The molecule has 0 atom stereocenters. The molecule has 2 aromatic carbocycles. The number of carbonyl (C=O) groups excluding carboxylic acids is 2. The van der Waals surface area contributed by atoms with Crippen LogP contribution in [0.2, 0.25) is 5.02 Å². The van der Waals surface area contributed by atoms with Gasteiger partial charge in [-0.3, -0.25) is 4.79 Å². The molecule has 0 aliphatic rings. The summed E-state index contributed by atoms with van der Waals surface area (Å²) in [5, 5.41) is 6.31. The van der Waals surface area contributed by atoms with Gasteiger partial charge in [-0.25, -0.2) is 14.8 Å². The number of ether oxygens (including phenoxy) is 1. The molecular weight excluding hydrogens is 380 g/mol. The molecule has 0 aliphatic heterocycles. The topological polar surface area (TPSA) is 93.2 Å². The van der Waals surface area contributed by atoms with E-state index in [0.717, 1.165) is 5.56 Å². The van der Waals surface area contributed by atoms with Crippen LogP contribution >= 0.6 is 11.6 Å². The normalized spacial score (nSPS) is 10.2. The number of carbonyl (C=O) groups is 2. The zero-order valence-electron chi connectivity index (χ0n) is 15.2. The van der Waals surface area contributed by atoms with Crippen molar-refractivity contribution in [3.05, 3.63) is 76.6 Å². The number of hydrogen-bond acceptors (Lipinski definition) is 6. The van der Waals surface area contributed by atoms with Crippen molar-refractivity contribution in [3.8, 4) is 0 Å². The summed E-state index contributed by atoms with van der Waals surface area (Å²) >= 11 is 6.08. The zero-order valence-corrected chi connectivity index (χ0v) is 15.9. The second-order valence-corrected chi connectivity index (χ2v) is 6.28. The maximum atomic E-state index is 12.4. The van der Waals surface area contributed by atoms with Crippen LogP contribution in [0, 0.1) is 6.92 Å². The van der Waals surface area contributed by atoms with E-state index < -0.39 is 5.97 Å². The number of nitrogens with zero attached hydrogens (tertiary/aromatic N) is 2. The van der Waals surface area contributed by atoms with Crippen LogP contribution in [0.1, 0.15) is 26.4 Å². The second-order valence-electron chi connectivity index (χ2n) is 5.88. The van der Waals surface area contributed by atoms with E-state index in [2.05, 4.69) is 25.3 Å². The quantitative estimate of drug-likeness (QED) is 0.627. The number of benzene rings is 2. The minimum atomic E-state index is -0.419. The molecular formula is C20H17ClN4O3. The molecule has 1 amide bonds. The van der Waals surface area contributed by atoms with E-state index in [1.54, 1.807) is 36.4 Å². The minimum absolute atomic E-state index is 0.195. The van der Waals surface area contributed by atoms with Gasteiger partial charge >= 0.3 is 5.97 Å². The van der Waals surface area contributed by atoms with Crippen LogP contribution in [0.25, 0.3) is 0 Å². The van der Waals surface area contributed by atoms with Crippen LogP contribution in [0.4, 0.5) is 17.3 Å². The van der Waals surface area contributed by atoms with E-state index in [-0.39, 0.29) is 17.5 Å². The number of hydrogen-bond donors (Lipinski definition) is 2. The minimum Gasteiger partial charge on any atom is -0.465 e. The predicted octanol–water partition coefficient (Wildman–Crippen LogP) is 4.22. The van der Waals surface area contributed by atoms with Crippen molar-refractivity contribution in [2.24, 2.45) is 0 Å². The Morgan fingerprint density at radius 1 is 1.04 bits per heavy atom. The van der Waals surface area contributed by atoms with Crippen molar-refractivity contribution in [2.75, 3.05) is 17.7 Å². The lowest BCUT2D eigenvalue weighted by Crippen LogP contribution is -2.14. The summed E-state index contributed by atoms with van der Waals surface area (Å²) in [7, 11) is 1.32. The van der Waals surface area contributed by atoms with Gasteiger partial charge in [0.1, 0.15) is 5.69 Å². The van der Waals surface area contributed by atoms with Gasteiger partial charge in [0.15, 0.2) is 0 Å². The van der Waals surface area contributed by atoms with Gasteiger partial charge in [-0.05, 0) is 55.0 Å². The Morgan fingerprint density at radius 3 is 2.43 bits per heavy atom. The molecule has 0 aliphatic carbocycles. The highest BCUT2D eigenvalue weighted by Gasteiger charge is 2.11. The average Bonchev–Trinajstić information content (AvgIpc) is 2.71. The van der Waals surface area contributed by atoms with Crippen molar-refractivity contribution in [1.29, 1.82) is 0 Å². The summed E-state index contributed by atoms with van der Waals surface area (Å²) in [5.41, 5.74) is 2.79. The molecule has 0 saturated carbocycles. The zero-order chi connectivity index (χ0) is 20.1.